The summed E-state index contributed by atoms with van der Waals surface area (Å²) < 4.78 is 0. The summed E-state index contributed by atoms with van der Waals surface area (Å²) in [5.41, 5.74) is 0.558. The molecule has 0 bridgehead atoms. The van der Waals surface area contributed by atoms with E-state index in [-0.39, 0.29) is 18.0 Å². The zero-order valence-corrected chi connectivity index (χ0v) is 15.9. The average molecular weight is 378 g/mol. The van der Waals surface area contributed by atoms with E-state index in [2.05, 4.69) is 43.6 Å². The van der Waals surface area contributed by atoms with Crippen molar-refractivity contribution in [1.29, 1.82) is 0 Å². The van der Waals surface area contributed by atoms with E-state index >= 15 is 0 Å². The summed E-state index contributed by atoms with van der Waals surface area (Å²) in [5, 5.41) is 0.587. The number of rotatable bonds is 4. The van der Waals surface area contributed by atoms with Gasteiger partial charge in [-0.05, 0) is 31.2 Å². The van der Waals surface area contributed by atoms with E-state index in [0.29, 0.717) is 10.6 Å². The molecule has 0 spiro atoms. The lowest BCUT2D eigenvalue weighted by molar-refractivity contribution is -0.116. The third-order valence-corrected chi connectivity index (χ3v) is 2.87. The maximum atomic E-state index is 11.7. The van der Waals surface area contributed by atoms with E-state index < -0.39 is 4.83 Å². The Balaban J connectivity index is 0. The molecule has 0 saturated carbocycles. The SMILES string of the molecule is CC(=O)CC(Br)C(=O)c1ccc(Cl)cc1.CCC.CCC. The number of alkyl halides is 1. The molecule has 0 fully saturated rings. The van der Waals surface area contributed by atoms with Crippen LogP contribution >= 0.6 is 27.5 Å². The fourth-order valence-electron chi connectivity index (χ4n) is 1.14. The predicted octanol–water partition coefficient (Wildman–Crippen LogP) is 6.10. The molecule has 1 aromatic rings. The second-order valence-electron chi connectivity index (χ2n) is 4.66. The van der Waals surface area contributed by atoms with Crippen molar-refractivity contribution in [1.82, 2.24) is 0 Å². The molecule has 0 N–H and O–H groups in total. The minimum absolute atomic E-state index is 0.0146. The van der Waals surface area contributed by atoms with Gasteiger partial charge in [0.25, 0.3) is 0 Å². The first kappa shape index (κ1) is 22.6. The van der Waals surface area contributed by atoms with E-state index in [4.69, 9.17) is 11.6 Å². The molecular formula is C17H26BrClO2. The summed E-state index contributed by atoms with van der Waals surface area (Å²) in [6.45, 7) is 9.96. The van der Waals surface area contributed by atoms with Crippen LogP contribution in [-0.2, 0) is 4.79 Å². The summed E-state index contributed by atoms with van der Waals surface area (Å²) >= 11 is 8.90. The first-order valence-corrected chi connectivity index (χ1v) is 8.56. The van der Waals surface area contributed by atoms with Crippen LogP contribution in [0.4, 0.5) is 0 Å². The van der Waals surface area contributed by atoms with Gasteiger partial charge >= 0.3 is 0 Å². The molecule has 0 aliphatic carbocycles. The Morgan fingerprint density at radius 2 is 1.43 bits per heavy atom. The summed E-state index contributed by atoms with van der Waals surface area (Å²) in [7, 11) is 0. The fourth-order valence-corrected chi connectivity index (χ4v) is 1.99. The van der Waals surface area contributed by atoms with Gasteiger partial charge in [-0.2, -0.15) is 0 Å². The molecule has 1 atom stereocenters. The van der Waals surface area contributed by atoms with Gasteiger partial charge in [0.2, 0.25) is 0 Å². The van der Waals surface area contributed by atoms with E-state index in [1.807, 2.05) is 0 Å². The summed E-state index contributed by atoms with van der Waals surface area (Å²) in [6, 6.07) is 6.61. The van der Waals surface area contributed by atoms with E-state index in [1.54, 1.807) is 24.3 Å². The topological polar surface area (TPSA) is 34.1 Å². The molecule has 1 aromatic carbocycles. The number of Topliss-reactive ketones (excluding diaryl/α,β-unsaturated/α-hetero) is 2. The first-order chi connectivity index (χ1) is 9.83. The van der Waals surface area contributed by atoms with Gasteiger partial charge in [0.1, 0.15) is 5.78 Å². The first-order valence-electron chi connectivity index (χ1n) is 7.27. The Hall–Kier alpha value is -0.670. The van der Waals surface area contributed by atoms with Crippen LogP contribution in [-0.4, -0.2) is 16.4 Å². The molecule has 2 nitrogen and oxygen atoms in total. The molecule has 21 heavy (non-hydrogen) atoms. The Morgan fingerprint density at radius 3 is 1.76 bits per heavy atom. The van der Waals surface area contributed by atoms with Crippen LogP contribution in [0.2, 0.25) is 5.02 Å². The molecule has 0 saturated heterocycles. The van der Waals surface area contributed by atoms with Crippen LogP contribution in [0, 0.1) is 0 Å². The second-order valence-corrected chi connectivity index (χ2v) is 6.20. The van der Waals surface area contributed by atoms with Gasteiger partial charge in [-0.15, -0.1) is 0 Å². The van der Waals surface area contributed by atoms with Crippen molar-refractivity contribution >= 4 is 39.1 Å². The quantitative estimate of drug-likeness (QED) is 0.469. The molecule has 0 aliphatic heterocycles. The Morgan fingerprint density at radius 1 is 1.05 bits per heavy atom. The van der Waals surface area contributed by atoms with E-state index in [0.717, 1.165) is 0 Å². The number of carbonyl (C=O) groups is 2. The minimum Gasteiger partial charge on any atom is -0.300 e. The molecule has 0 aromatic heterocycles. The molecule has 1 unspecified atom stereocenters. The fraction of sp³-hybridized carbons (Fsp3) is 0.529. The molecular weight excluding hydrogens is 352 g/mol. The normalized spacial score (nSPS) is 10.4. The monoisotopic (exact) mass is 376 g/mol. The van der Waals surface area contributed by atoms with Crippen LogP contribution in [0.25, 0.3) is 0 Å². The highest BCUT2D eigenvalue weighted by atomic mass is 79.9. The maximum absolute atomic E-state index is 11.7. The van der Waals surface area contributed by atoms with Gasteiger partial charge in [0.05, 0.1) is 4.83 Å². The molecule has 1 rings (SSSR count). The number of hydrogen-bond donors (Lipinski definition) is 0. The average Bonchev–Trinajstić information content (AvgIpc) is 2.40. The van der Waals surface area contributed by atoms with Crippen molar-refractivity contribution in [3.63, 3.8) is 0 Å². The Kier molecular flexibility index (Phi) is 15.4. The van der Waals surface area contributed by atoms with E-state index in [1.165, 1.54) is 19.8 Å². The lowest BCUT2D eigenvalue weighted by atomic mass is 10.1. The third-order valence-electron chi connectivity index (χ3n) is 1.88. The van der Waals surface area contributed by atoms with Crippen LogP contribution < -0.4 is 0 Å². The molecule has 0 heterocycles. The standard InChI is InChI=1S/C11H10BrClO2.2C3H8/c1-7(14)6-10(12)11(15)8-2-4-9(13)5-3-8;2*1-3-2/h2-5,10H,6H2,1H3;2*3H2,1-2H3. The minimum atomic E-state index is -0.448. The highest BCUT2D eigenvalue weighted by molar-refractivity contribution is 9.10. The summed E-state index contributed by atoms with van der Waals surface area (Å²) in [5.74, 6) is -0.110. The van der Waals surface area contributed by atoms with Crippen molar-refractivity contribution < 1.29 is 9.59 Å². The third kappa shape index (κ3) is 12.8. The van der Waals surface area contributed by atoms with Gasteiger partial charge in [0, 0.05) is 17.0 Å². The van der Waals surface area contributed by atoms with Crippen molar-refractivity contribution in [2.45, 2.75) is 58.7 Å². The molecule has 4 heteroatoms. The van der Waals surface area contributed by atoms with Crippen molar-refractivity contribution in [2.75, 3.05) is 0 Å². The van der Waals surface area contributed by atoms with Crippen molar-refractivity contribution in [2.24, 2.45) is 0 Å². The number of benzene rings is 1. The highest BCUT2D eigenvalue weighted by Gasteiger charge is 2.18. The Bertz CT molecular complexity index is 400. The number of carbonyl (C=O) groups excluding carboxylic acids is 2. The van der Waals surface area contributed by atoms with Crippen LogP contribution in [0.1, 0.15) is 64.2 Å². The number of halogens is 2. The predicted molar refractivity (Wildman–Crippen MR) is 95.7 cm³/mol. The van der Waals surface area contributed by atoms with E-state index in [9.17, 15) is 9.59 Å². The summed E-state index contributed by atoms with van der Waals surface area (Å²) in [4.78, 5) is 22.1. The molecule has 0 aliphatic rings. The molecule has 0 radical (unpaired) electrons. The number of ketones is 2. The van der Waals surface area contributed by atoms with Crippen LogP contribution in [0.15, 0.2) is 24.3 Å². The largest absolute Gasteiger partial charge is 0.300 e. The van der Waals surface area contributed by atoms with Crippen molar-refractivity contribution in [3.05, 3.63) is 34.9 Å². The zero-order valence-electron chi connectivity index (χ0n) is 13.6. The molecule has 0 amide bonds. The highest BCUT2D eigenvalue weighted by Crippen LogP contribution is 2.16. The lowest BCUT2D eigenvalue weighted by Gasteiger charge is -2.06. The van der Waals surface area contributed by atoms with Gasteiger partial charge < -0.3 is 0 Å². The van der Waals surface area contributed by atoms with Crippen LogP contribution in [0.5, 0.6) is 0 Å². The smallest absolute Gasteiger partial charge is 0.176 e. The zero-order chi connectivity index (χ0) is 16.8. The molecule has 120 valence electrons. The van der Waals surface area contributed by atoms with Crippen LogP contribution in [0.3, 0.4) is 0 Å². The summed E-state index contributed by atoms with van der Waals surface area (Å²) in [6.07, 6.45) is 2.71. The Labute approximate surface area is 142 Å². The second kappa shape index (κ2) is 14.3. The van der Waals surface area contributed by atoms with Gasteiger partial charge in [-0.1, -0.05) is 68.1 Å². The lowest BCUT2D eigenvalue weighted by Crippen LogP contribution is -2.17. The van der Waals surface area contributed by atoms with Gasteiger partial charge in [0.15, 0.2) is 5.78 Å². The van der Waals surface area contributed by atoms with Gasteiger partial charge in [-0.25, -0.2) is 0 Å². The number of hydrogen-bond acceptors (Lipinski definition) is 2. The van der Waals surface area contributed by atoms with Crippen molar-refractivity contribution in [3.8, 4) is 0 Å². The van der Waals surface area contributed by atoms with Gasteiger partial charge in [-0.3, -0.25) is 9.59 Å². The maximum Gasteiger partial charge on any atom is 0.176 e.